The Morgan fingerprint density at radius 3 is 2.29 bits per heavy atom. The van der Waals surface area contributed by atoms with Crippen molar-refractivity contribution >= 4 is 24.3 Å². The van der Waals surface area contributed by atoms with E-state index in [9.17, 15) is 10.0 Å². The van der Waals surface area contributed by atoms with Gasteiger partial charge in [0.1, 0.15) is 0 Å². The van der Waals surface area contributed by atoms with Crippen molar-refractivity contribution in [3.63, 3.8) is 0 Å². The largest absolute Gasteiger partial charge is 0.489 e. The van der Waals surface area contributed by atoms with Crippen molar-refractivity contribution in [2.24, 2.45) is 0 Å². The van der Waals surface area contributed by atoms with E-state index in [4.69, 9.17) is 0 Å². The lowest BCUT2D eigenvalue weighted by molar-refractivity contribution is 0.425. The fourth-order valence-electron chi connectivity index (χ4n) is 1.62. The molecule has 0 amide bonds. The lowest BCUT2D eigenvalue weighted by atomic mass is 9.79. The van der Waals surface area contributed by atoms with E-state index < -0.39 is 7.12 Å². The summed E-state index contributed by atoms with van der Waals surface area (Å²) in [4.78, 5) is 2.00. The van der Waals surface area contributed by atoms with Crippen LogP contribution in [0.15, 0.2) is 58.3 Å². The second-order valence-electron chi connectivity index (χ2n) is 3.78. The zero-order valence-electron chi connectivity index (χ0n) is 9.50. The molecule has 2 N–H and O–H groups in total. The molecule has 0 saturated carbocycles. The molecule has 0 fully saturated rings. The highest BCUT2D eigenvalue weighted by Crippen LogP contribution is 2.28. The molecule has 2 nitrogen and oxygen atoms in total. The Balaban J connectivity index is 2.38. The molecule has 0 aliphatic carbocycles. The first kappa shape index (κ1) is 12.2. The minimum atomic E-state index is -1.43. The molecular formula is C13H13BO2S. The molecule has 0 unspecified atom stereocenters. The molecule has 0 aliphatic rings. The maximum Gasteiger partial charge on any atom is 0.489 e. The van der Waals surface area contributed by atoms with Gasteiger partial charge < -0.3 is 10.0 Å². The van der Waals surface area contributed by atoms with Crippen molar-refractivity contribution in [3.05, 3.63) is 54.1 Å². The SMILES string of the molecule is Cc1cccc(B(O)O)c1Sc1ccccc1. The van der Waals surface area contributed by atoms with Gasteiger partial charge in [0, 0.05) is 9.79 Å². The molecule has 0 spiro atoms. The summed E-state index contributed by atoms with van der Waals surface area (Å²) < 4.78 is 0. The van der Waals surface area contributed by atoms with Crippen LogP contribution in [0.3, 0.4) is 0 Å². The van der Waals surface area contributed by atoms with Gasteiger partial charge in [0.05, 0.1) is 0 Å². The minimum absolute atomic E-state index is 0.554. The van der Waals surface area contributed by atoms with Gasteiger partial charge in [0.25, 0.3) is 0 Å². The summed E-state index contributed by atoms with van der Waals surface area (Å²) >= 11 is 1.55. The second kappa shape index (κ2) is 5.40. The van der Waals surface area contributed by atoms with E-state index in [-0.39, 0.29) is 0 Å². The van der Waals surface area contributed by atoms with Crippen molar-refractivity contribution in [1.82, 2.24) is 0 Å². The summed E-state index contributed by atoms with van der Waals surface area (Å²) in [5.74, 6) is 0. The van der Waals surface area contributed by atoms with Crippen LogP contribution in [-0.2, 0) is 0 Å². The first-order valence-corrected chi connectivity index (χ1v) is 6.18. The van der Waals surface area contributed by atoms with E-state index in [0.717, 1.165) is 15.4 Å². The average Bonchev–Trinajstić information content (AvgIpc) is 2.33. The Morgan fingerprint density at radius 2 is 1.65 bits per heavy atom. The van der Waals surface area contributed by atoms with Crippen LogP contribution in [-0.4, -0.2) is 17.2 Å². The highest BCUT2D eigenvalue weighted by molar-refractivity contribution is 7.99. The van der Waals surface area contributed by atoms with Crippen LogP contribution < -0.4 is 5.46 Å². The number of benzene rings is 2. The molecule has 86 valence electrons. The number of aryl methyl sites for hydroxylation is 1. The van der Waals surface area contributed by atoms with Gasteiger partial charge in [-0.3, -0.25) is 0 Å². The summed E-state index contributed by atoms with van der Waals surface area (Å²) in [6.45, 7) is 1.97. The van der Waals surface area contributed by atoms with E-state index >= 15 is 0 Å². The molecule has 0 atom stereocenters. The predicted octanol–water partition coefficient (Wildman–Crippen LogP) is 1.83. The van der Waals surface area contributed by atoms with Crippen LogP contribution in [0.25, 0.3) is 0 Å². The van der Waals surface area contributed by atoms with Crippen molar-refractivity contribution in [1.29, 1.82) is 0 Å². The van der Waals surface area contributed by atoms with Crippen molar-refractivity contribution in [2.75, 3.05) is 0 Å². The van der Waals surface area contributed by atoms with E-state index in [2.05, 4.69) is 0 Å². The fraction of sp³-hybridized carbons (Fsp3) is 0.0769. The standard InChI is InChI=1S/C13H13BO2S/c1-10-6-5-9-12(14(15)16)13(10)17-11-7-3-2-4-8-11/h2-9,15-16H,1H3. The van der Waals surface area contributed by atoms with Crippen LogP contribution in [0.4, 0.5) is 0 Å². The fourth-order valence-corrected chi connectivity index (χ4v) is 2.67. The first-order chi connectivity index (χ1) is 8.18. The summed E-state index contributed by atoms with van der Waals surface area (Å²) in [6, 6.07) is 15.4. The molecule has 0 bridgehead atoms. The van der Waals surface area contributed by atoms with E-state index in [1.165, 1.54) is 0 Å². The topological polar surface area (TPSA) is 40.5 Å². The van der Waals surface area contributed by atoms with Gasteiger partial charge >= 0.3 is 7.12 Å². The molecular weight excluding hydrogens is 231 g/mol. The average molecular weight is 244 g/mol. The Bertz CT molecular complexity index is 500. The zero-order chi connectivity index (χ0) is 12.3. The molecule has 2 rings (SSSR count). The van der Waals surface area contributed by atoms with Crippen molar-refractivity contribution < 1.29 is 10.0 Å². The van der Waals surface area contributed by atoms with Gasteiger partial charge in [-0.15, -0.1) is 0 Å². The third kappa shape index (κ3) is 2.91. The lowest BCUT2D eigenvalue weighted by Gasteiger charge is -2.11. The van der Waals surface area contributed by atoms with Crippen LogP contribution in [0.5, 0.6) is 0 Å². The second-order valence-corrected chi connectivity index (χ2v) is 4.87. The highest BCUT2D eigenvalue weighted by Gasteiger charge is 2.17. The van der Waals surface area contributed by atoms with Crippen molar-refractivity contribution in [3.8, 4) is 0 Å². The van der Waals surface area contributed by atoms with Crippen LogP contribution in [0.2, 0.25) is 0 Å². The van der Waals surface area contributed by atoms with Crippen LogP contribution >= 0.6 is 11.8 Å². The maximum absolute atomic E-state index is 9.35. The first-order valence-electron chi connectivity index (χ1n) is 5.37. The molecule has 17 heavy (non-hydrogen) atoms. The Labute approximate surface area is 105 Å². The van der Waals surface area contributed by atoms with Gasteiger partial charge in [-0.1, -0.05) is 48.2 Å². The van der Waals surface area contributed by atoms with Crippen LogP contribution in [0, 0.1) is 6.92 Å². The molecule has 2 aromatic rings. The predicted molar refractivity (Wildman–Crippen MR) is 71.6 cm³/mol. The van der Waals surface area contributed by atoms with E-state index in [1.54, 1.807) is 17.8 Å². The number of hydrogen-bond donors (Lipinski definition) is 2. The number of hydrogen-bond acceptors (Lipinski definition) is 3. The van der Waals surface area contributed by atoms with Gasteiger partial charge in [-0.05, 0) is 30.1 Å². The summed E-state index contributed by atoms with van der Waals surface area (Å²) in [5.41, 5.74) is 1.60. The third-order valence-corrected chi connectivity index (χ3v) is 3.75. The zero-order valence-corrected chi connectivity index (χ0v) is 10.3. The monoisotopic (exact) mass is 244 g/mol. The molecule has 0 heterocycles. The summed E-state index contributed by atoms with van der Waals surface area (Å²) in [6.07, 6.45) is 0. The number of rotatable bonds is 3. The quantitative estimate of drug-likeness (QED) is 0.809. The normalized spacial score (nSPS) is 10.3. The van der Waals surface area contributed by atoms with Gasteiger partial charge in [-0.2, -0.15) is 0 Å². The Morgan fingerprint density at radius 1 is 0.941 bits per heavy atom. The van der Waals surface area contributed by atoms with Crippen molar-refractivity contribution in [2.45, 2.75) is 16.7 Å². The summed E-state index contributed by atoms with van der Waals surface area (Å²) in [7, 11) is -1.43. The summed E-state index contributed by atoms with van der Waals surface area (Å²) in [5, 5.41) is 18.7. The molecule has 0 aromatic heterocycles. The maximum atomic E-state index is 9.35. The third-order valence-electron chi connectivity index (χ3n) is 2.48. The Kier molecular flexibility index (Phi) is 3.89. The molecule has 0 saturated heterocycles. The van der Waals surface area contributed by atoms with Gasteiger partial charge in [-0.25, -0.2) is 0 Å². The van der Waals surface area contributed by atoms with Gasteiger partial charge in [0.2, 0.25) is 0 Å². The smallest absolute Gasteiger partial charge is 0.423 e. The molecule has 2 aromatic carbocycles. The molecule has 4 heteroatoms. The minimum Gasteiger partial charge on any atom is -0.423 e. The lowest BCUT2D eigenvalue weighted by Crippen LogP contribution is -2.31. The highest BCUT2D eigenvalue weighted by atomic mass is 32.2. The van der Waals surface area contributed by atoms with E-state index in [1.807, 2.05) is 49.4 Å². The van der Waals surface area contributed by atoms with Crippen LogP contribution in [0.1, 0.15) is 5.56 Å². The Hall–Kier alpha value is -1.23. The van der Waals surface area contributed by atoms with E-state index in [0.29, 0.717) is 5.46 Å². The molecule has 0 radical (unpaired) electrons. The molecule has 0 aliphatic heterocycles. The van der Waals surface area contributed by atoms with Gasteiger partial charge in [0.15, 0.2) is 0 Å².